The van der Waals surface area contributed by atoms with Crippen molar-refractivity contribution < 1.29 is 19.2 Å². The molecule has 0 aromatic heterocycles. The number of carbonyl (C=O) groups excluding carboxylic acids is 2. The number of rotatable bonds is 6. The normalized spacial score (nSPS) is 14.8. The number of hydrogen-bond acceptors (Lipinski definition) is 6. The van der Waals surface area contributed by atoms with Crippen molar-refractivity contribution in [2.24, 2.45) is 0 Å². The van der Waals surface area contributed by atoms with Gasteiger partial charge in [-0.3, -0.25) is 29.9 Å². The Balaban J connectivity index is 1.48. The molecule has 0 spiro atoms. The number of hydrogen-bond donors (Lipinski definition) is 1. The van der Waals surface area contributed by atoms with Gasteiger partial charge in [-0.05, 0) is 71.9 Å². The molecular weight excluding hydrogens is 522 g/mol. The van der Waals surface area contributed by atoms with Gasteiger partial charge in [-0.25, -0.2) is 0 Å². The summed E-state index contributed by atoms with van der Waals surface area (Å²) >= 11 is 8.58. The summed E-state index contributed by atoms with van der Waals surface area (Å²) in [5.74, 6) is -0.526. The van der Waals surface area contributed by atoms with Crippen LogP contribution in [0.15, 0.2) is 82.8 Å². The predicted octanol–water partition coefficient (Wildman–Crippen LogP) is 4.77. The van der Waals surface area contributed by atoms with E-state index in [1.807, 2.05) is 6.07 Å². The van der Waals surface area contributed by atoms with Gasteiger partial charge in [0.15, 0.2) is 5.11 Å². The smallest absolute Gasteiger partial charge is 0.270 e. The van der Waals surface area contributed by atoms with Crippen molar-refractivity contribution >= 4 is 62.5 Å². The van der Waals surface area contributed by atoms with Gasteiger partial charge in [-0.1, -0.05) is 34.1 Å². The van der Waals surface area contributed by atoms with Crippen LogP contribution in [0.25, 0.3) is 6.08 Å². The molecule has 34 heavy (non-hydrogen) atoms. The van der Waals surface area contributed by atoms with E-state index in [1.54, 1.807) is 54.6 Å². The molecule has 1 saturated heterocycles. The number of nitro benzene ring substituents is 1. The highest BCUT2D eigenvalue weighted by Crippen LogP contribution is 2.25. The van der Waals surface area contributed by atoms with Gasteiger partial charge in [0.25, 0.3) is 17.5 Å². The maximum atomic E-state index is 13.1. The van der Waals surface area contributed by atoms with E-state index in [2.05, 4.69) is 21.2 Å². The molecule has 1 N–H and O–H groups in total. The molecule has 0 bridgehead atoms. The van der Waals surface area contributed by atoms with Gasteiger partial charge in [-0.2, -0.15) is 0 Å². The number of thiocarbonyl (C=S) groups is 1. The second-order valence-electron chi connectivity index (χ2n) is 7.22. The molecule has 0 saturated carbocycles. The molecular formula is C24H16BrN3O5S. The lowest BCUT2D eigenvalue weighted by Gasteiger charge is -2.29. The summed E-state index contributed by atoms with van der Waals surface area (Å²) in [6.07, 6.45) is 1.49. The van der Waals surface area contributed by atoms with Crippen LogP contribution in [-0.2, 0) is 16.2 Å². The van der Waals surface area contributed by atoms with E-state index in [0.717, 1.165) is 10.0 Å². The standard InChI is InChI=1S/C24H16BrN3O5S/c25-17-2-1-3-19(13-17)27-23(30)21(22(29)26-24(27)34)12-15-6-10-20(11-7-15)33-14-16-4-8-18(9-5-16)28(31)32/h1-13H,14H2,(H,26,29,34)/b21-12+. The average molecular weight is 538 g/mol. The molecule has 0 aliphatic carbocycles. The topological polar surface area (TPSA) is 102 Å². The molecule has 0 unspecified atom stereocenters. The maximum Gasteiger partial charge on any atom is 0.270 e. The lowest BCUT2D eigenvalue weighted by Crippen LogP contribution is -2.54. The monoisotopic (exact) mass is 537 g/mol. The van der Waals surface area contributed by atoms with Crippen molar-refractivity contribution in [3.05, 3.63) is 104 Å². The minimum Gasteiger partial charge on any atom is -0.489 e. The Morgan fingerprint density at radius 2 is 1.76 bits per heavy atom. The van der Waals surface area contributed by atoms with Gasteiger partial charge in [0.2, 0.25) is 0 Å². The number of nitro groups is 1. The minimum atomic E-state index is -0.570. The van der Waals surface area contributed by atoms with Crippen LogP contribution in [-0.4, -0.2) is 21.9 Å². The lowest BCUT2D eigenvalue weighted by molar-refractivity contribution is -0.384. The van der Waals surface area contributed by atoms with Crippen LogP contribution in [0.3, 0.4) is 0 Å². The number of amides is 2. The fourth-order valence-corrected chi connectivity index (χ4v) is 3.88. The molecule has 1 heterocycles. The van der Waals surface area contributed by atoms with Crippen LogP contribution in [0.2, 0.25) is 0 Å². The first-order valence-corrected chi connectivity index (χ1v) is 11.1. The van der Waals surface area contributed by atoms with E-state index in [9.17, 15) is 19.7 Å². The zero-order valence-electron chi connectivity index (χ0n) is 17.4. The number of ether oxygens (including phenoxy) is 1. The molecule has 170 valence electrons. The Kier molecular flexibility index (Phi) is 6.80. The summed E-state index contributed by atoms with van der Waals surface area (Å²) in [5, 5.41) is 13.3. The van der Waals surface area contributed by atoms with Crippen LogP contribution in [0.4, 0.5) is 11.4 Å². The summed E-state index contributed by atoms with van der Waals surface area (Å²) in [5.41, 5.74) is 1.91. The highest BCUT2D eigenvalue weighted by molar-refractivity contribution is 9.10. The fourth-order valence-electron chi connectivity index (χ4n) is 3.21. The summed E-state index contributed by atoms with van der Waals surface area (Å²) in [4.78, 5) is 37.1. The third-order valence-corrected chi connectivity index (χ3v) is 5.69. The number of nitrogens with one attached hydrogen (secondary N) is 1. The zero-order chi connectivity index (χ0) is 24.2. The number of benzene rings is 3. The predicted molar refractivity (Wildman–Crippen MR) is 134 cm³/mol. The molecule has 1 fully saturated rings. The lowest BCUT2D eigenvalue weighted by atomic mass is 10.1. The fraction of sp³-hybridized carbons (Fsp3) is 0.0417. The molecule has 1 aliphatic heterocycles. The first-order valence-electron chi connectivity index (χ1n) is 9.95. The van der Waals surface area contributed by atoms with Crippen molar-refractivity contribution in [3.63, 3.8) is 0 Å². The number of nitrogens with zero attached hydrogens (tertiary/aromatic N) is 2. The summed E-state index contributed by atoms with van der Waals surface area (Å²) in [7, 11) is 0. The van der Waals surface area contributed by atoms with Crippen LogP contribution in [0.5, 0.6) is 5.75 Å². The van der Waals surface area contributed by atoms with Crippen molar-refractivity contribution in [2.75, 3.05) is 4.90 Å². The van der Waals surface area contributed by atoms with Crippen molar-refractivity contribution in [1.82, 2.24) is 5.32 Å². The van der Waals surface area contributed by atoms with Gasteiger partial charge in [0, 0.05) is 16.6 Å². The molecule has 0 radical (unpaired) electrons. The quantitative estimate of drug-likeness (QED) is 0.160. The Hall–Kier alpha value is -3.89. The third kappa shape index (κ3) is 5.19. The largest absolute Gasteiger partial charge is 0.489 e. The van der Waals surface area contributed by atoms with Crippen LogP contribution in [0.1, 0.15) is 11.1 Å². The second kappa shape index (κ2) is 9.94. The average Bonchev–Trinajstić information content (AvgIpc) is 2.81. The number of carbonyl (C=O) groups is 2. The van der Waals surface area contributed by atoms with Gasteiger partial charge < -0.3 is 4.74 Å². The molecule has 3 aromatic carbocycles. The van der Waals surface area contributed by atoms with Crippen molar-refractivity contribution in [2.45, 2.75) is 6.61 Å². The Morgan fingerprint density at radius 1 is 1.06 bits per heavy atom. The molecule has 2 amide bonds. The van der Waals surface area contributed by atoms with Crippen molar-refractivity contribution in [3.8, 4) is 5.75 Å². The Labute approximate surface area is 208 Å². The molecule has 10 heteroatoms. The molecule has 8 nitrogen and oxygen atoms in total. The van der Waals surface area contributed by atoms with Gasteiger partial charge in [-0.15, -0.1) is 0 Å². The zero-order valence-corrected chi connectivity index (χ0v) is 19.8. The SMILES string of the molecule is O=C1NC(=S)N(c2cccc(Br)c2)C(=O)/C1=C/c1ccc(OCc2ccc([N+](=O)[O-])cc2)cc1. The first kappa shape index (κ1) is 23.3. The van der Waals surface area contributed by atoms with Crippen LogP contribution in [0, 0.1) is 10.1 Å². The van der Waals surface area contributed by atoms with E-state index in [4.69, 9.17) is 17.0 Å². The van der Waals surface area contributed by atoms with Crippen LogP contribution >= 0.6 is 28.1 Å². The summed E-state index contributed by atoms with van der Waals surface area (Å²) < 4.78 is 6.48. The number of halogens is 1. The van der Waals surface area contributed by atoms with Crippen LogP contribution < -0.4 is 15.0 Å². The molecule has 4 rings (SSSR count). The van der Waals surface area contributed by atoms with E-state index >= 15 is 0 Å². The first-order chi connectivity index (χ1) is 16.3. The van der Waals surface area contributed by atoms with Gasteiger partial charge in [0.1, 0.15) is 17.9 Å². The number of anilines is 1. The Bertz CT molecular complexity index is 1320. The van der Waals surface area contributed by atoms with E-state index < -0.39 is 16.7 Å². The minimum absolute atomic E-state index is 0.0141. The maximum absolute atomic E-state index is 13.1. The highest BCUT2D eigenvalue weighted by Gasteiger charge is 2.34. The Morgan fingerprint density at radius 3 is 2.41 bits per heavy atom. The van der Waals surface area contributed by atoms with E-state index in [1.165, 1.54) is 23.1 Å². The molecule has 1 aliphatic rings. The summed E-state index contributed by atoms with van der Waals surface area (Å²) in [6, 6.07) is 20.0. The summed E-state index contributed by atoms with van der Waals surface area (Å²) in [6.45, 7) is 0.234. The molecule has 0 atom stereocenters. The van der Waals surface area contributed by atoms with E-state index in [-0.39, 0.29) is 23.0 Å². The van der Waals surface area contributed by atoms with E-state index in [0.29, 0.717) is 17.0 Å². The molecule has 3 aromatic rings. The highest BCUT2D eigenvalue weighted by atomic mass is 79.9. The third-order valence-electron chi connectivity index (χ3n) is 4.91. The number of non-ortho nitro benzene ring substituents is 1. The second-order valence-corrected chi connectivity index (χ2v) is 8.52. The van der Waals surface area contributed by atoms with Gasteiger partial charge >= 0.3 is 0 Å². The van der Waals surface area contributed by atoms with Crippen molar-refractivity contribution in [1.29, 1.82) is 0 Å². The van der Waals surface area contributed by atoms with Gasteiger partial charge in [0.05, 0.1) is 10.6 Å².